The van der Waals surface area contributed by atoms with Gasteiger partial charge in [0.15, 0.2) is 0 Å². The standard InChI is InChI=1S/C13H14BrClN2O3/c14-9-4-3-8(5-10(9)15)16-13(20)17-11(6-12(18)19)7-1-2-7/h3-5,7,11H,1-2,6H2,(H,18,19)(H2,16,17,20). The van der Waals surface area contributed by atoms with Crippen LogP contribution < -0.4 is 10.6 Å². The van der Waals surface area contributed by atoms with Gasteiger partial charge in [-0.1, -0.05) is 11.6 Å². The van der Waals surface area contributed by atoms with E-state index in [1.165, 1.54) is 0 Å². The number of carbonyl (C=O) groups is 2. The van der Waals surface area contributed by atoms with Crippen LogP contribution in [0.15, 0.2) is 22.7 Å². The lowest BCUT2D eigenvalue weighted by atomic mass is 10.1. The average Bonchev–Trinajstić information content (AvgIpc) is 3.16. The molecule has 1 aromatic rings. The van der Waals surface area contributed by atoms with E-state index in [4.69, 9.17) is 16.7 Å². The maximum Gasteiger partial charge on any atom is 0.319 e. The van der Waals surface area contributed by atoms with Gasteiger partial charge in [-0.25, -0.2) is 4.79 Å². The molecule has 1 aromatic carbocycles. The molecule has 5 nitrogen and oxygen atoms in total. The van der Waals surface area contributed by atoms with Crippen LogP contribution in [0.4, 0.5) is 10.5 Å². The van der Waals surface area contributed by atoms with Crippen molar-refractivity contribution in [2.24, 2.45) is 5.92 Å². The Morgan fingerprint density at radius 2 is 2.15 bits per heavy atom. The molecular weight excluding hydrogens is 348 g/mol. The molecule has 20 heavy (non-hydrogen) atoms. The second kappa shape index (κ2) is 6.45. The van der Waals surface area contributed by atoms with Crippen molar-refractivity contribution < 1.29 is 14.7 Å². The number of benzene rings is 1. The molecule has 1 saturated carbocycles. The quantitative estimate of drug-likeness (QED) is 0.751. The summed E-state index contributed by atoms with van der Waals surface area (Å²) in [6.45, 7) is 0. The lowest BCUT2D eigenvalue weighted by Crippen LogP contribution is -2.40. The molecule has 3 N–H and O–H groups in total. The average molecular weight is 362 g/mol. The monoisotopic (exact) mass is 360 g/mol. The molecule has 1 atom stereocenters. The fourth-order valence-electron chi connectivity index (χ4n) is 1.93. The summed E-state index contributed by atoms with van der Waals surface area (Å²) in [6, 6.07) is 4.32. The highest BCUT2D eigenvalue weighted by Crippen LogP contribution is 2.34. The smallest absolute Gasteiger partial charge is 0.319 e. The van der Waals surface area contributed by atoms with Crippen molar-refractivity contribution >= 4 is 45.2 Å². The first-order chi connectivity index (χ1) is 9.45. The van der Waals surface area contributed by atoms with E-state index < -0.39 is 12.0 Å². The van der Waals surface area contributed by atoms with E-state index in [2.05, 4.69) is 26.6 Å². The van der Waals surface area contributed by atoms with Gasteiger partial charge in [0.25, 0.3) is 0 Å². The molecule has 0 bridgehead atoms. The minimum atomic E-state index is -0.908. The molecule has 0 heterocycles. The minimum absolute atomic E-state index is 0.0564. The van der Waals surface area contributed by atoms with Crippen LogP contribution in [0.3, 0.4) is 0 Å². The summed E-state index contributed by atoms with van der Waals surface area (Å²) >= 11 is 9.20. The molecule has 0 saturated heterocycles. The predicted octanol–water partition coefficient (Wildman–Crippen LogP) is 3.48. The highest BCUT2D eigenvalue weighted by Gasteiger charge is 2.33. The second-order valence-corrected chi connectivity index (χ2v) is 6.03. The first-order valence-electron chi connectivity index (χ1n) is 6.20. The highest BCUT2D eigenvalue weighted by atomic mass is 79.9. The van der Waals surface area contributed by atoms with E-state index in [1.54, 1.807) is 18.2 Å². The van der Waals surface area contributed by atoms with Crippen molar-refractivity contribution in [2.75, 3.05) is 5.32 Å². The van der Waals surface area contributed by atoms with E-state index in [0.29, 0.717) is 10.7 Å². The fourth-order valence-corrected chi connectivity index (χ4v) is 2.36. The number of halogens is 2. The predicted molar refractivity (Wildman–Crippen MR) is 80.1 cm³/mol. The molecule has 1 fully saturated rings. The number of urea groups is 1. The number of carbonyl (C=O) groups excluding carboxylic acids is 1. The maximum atomic E-state index is 11.9. The molecule has 2 rings (SSSR count). The summed E-state index contributed by atoms with van der Waals surface area (Å²) in [7, 11) is 0. The lowest BCUT2D eigenvalue weighted by Gasteiger charge is -2.16. The van der Waals surface area contributed by atoms with E-state index in [1.807, 2.05) is 0 Å². The maximum absolute atomic E-state index is 11.9. The third-order valence-corrected chi connectivity index (χ3v) is 4.31. The number of amides is 2. The minimum Gasteiger partial charge on any atom is -0.481 e. The summed E-state index contributed by atoms with van der Waals surface area (Å²) in [5.74, 6) is -0.640. The Bertz CT molecular complexity index is 534. The molecular formula is C13H14BrClN2O3. The summed E-state index contributed by atoms with van der Waals surface area (Å²) < 4.78 is 0.742. The Kier molecular flexibility index (Phi) is 4.88. The second-order valence-electron chi connectivity index (χ2n) is 4.77. The molecule has 0 radical (unpaired) electrons. The number of hydrogen-bond donors (Lipinski definition) is 3. The SMILES string of the molecule is O=C(O)CC(NC(=O)Nc1ccc(Br)c(Cl)c1)C1CC1. The van der Waals surface area contributed by atoms with E-state index in [0.717, 1.165) is 17.3 Å². The summed E-state index contributed by atoms with van der Waals surface area (Å²) in [5.41, 5.74) is 0.556. The number of rotatable bonds is 5. The Morgan fingerprint density at radius 1 is 1.45 bits per heavy atom. The molecule has 0 aliphatic heterocycles. The van der Waals surface area contributed by atoms with Crippen LogP contribution in [-0.4, -0.2) is 23.1 Å². The zero-order chi connectivity index (χ0) is 14.7. The molecule has 0 spiro atoms. The highest BCUT2D eigenvalue weighted by molar-refractivity contribution is 9.10. The molecule has 0 aromatic heterocycles. The molecule has 1 aliphatic rings. The van der Waals surface area contributed by atoms with E-state index >= 15 is 0 Å². The number of carboxylic acids is 1. The lowest BCUT2D eigenvalue weighted by molar-refractivity contribution is -0.137. The van der Waals surface area contributed by atoms with Crippen molar-refractivity contribution in [1.82, 2.24) is 5.32 Å². The van der Waals surface area contributed by atoms with Crippen LogP contribution in [-0.2, 0) is 4.79 Å². The molecule has 1 unspecified atom stereocenters. The van der Waals surface area contributed by atoms with Gasteiger partial charge < -0.3 is 15.7 Å². The van der Waals surface area contributed by atoms with Crippen molar-refractivity contribution in [3.05, 3.63) is 27.7 Å². The van der Waals surface area contributed by atoms with Crippen LogP contribution in [0.5, 0.6) is 0 Å². The number of aliphatic carboxylic acids is 1. The van der Waals surface area contributed by atoms with E-state index in [-0.39, 0.29) is 18.4 Å². The number of carboxylic acid groups (broad SMARTS) is 1. The Morgan fingerprint density at radius 3 is 2.70 bits per heavy atom. The van der Waals surface area contributed by atoms with Crippen molar-refractivity contribution in [1.29, 1.82) is 0 Å². The third-order valence-electron chi connectivity index (χ3n) is 3.08. The first kappa shape index (κ1) is 15.1. The van der Waals surface area contributed by atoms with Gasteiger partial charge in [-0.05, 0) is 52.9 Å². The van der Waals surface area contributed by atoms with Gasteiger partial charge >= 0.3 is 12.0 Å². The van der Waals surface area contributed by atoms with Gasteiger partial charge in [0.05, 0.1) is 11.4 Å². The van der Waals surface area contributed by atoms with Crippen LogP contribution in [0.25, 0.3) is 0 Å². The topological polar surface area (TPSA) is 78.4 Å². The molecule has 7 heteroatoms. The van der Waals surface area contributed by atoms with Crippen LogP contribution in [0, 0.1) is 5.92 Å². The Balaban J connectivity index is 1.93. The molecule has 108 valence electrons. The van der Waals surface area contributed by atoms with Gasteiger partial charge in [-0.2, -0.15) is 0 Å². The normalized spacial score (nSPS) is 15.5. The van der Waals surface area contributed by atoms with Gasteiger partial charge in [0.2, 0.25) is 0 Å². The van der Waals surface area contributed by atoms with Crippen molar-refractivity contribution in [3.8, 4) is 0 Å². The van der Waals surface area contributed by atoms with Crippen LogP contribution in [0.2, 0.25) is 5.02 Å². The number of nitrogens with one attached hydrogen (secondary N) is 2. The van der Waals surface area contributed by atoms with Crippen LogP contribution >= 0.6 is 27.5 Å². The summed E-state index contributed by atoms with van der Waals surface area (Å²) in [4.78, 5) is 22.6. The Labute approximate surface area is 129 Å². The number of anilines is 1. The zero-order valence-electron chi connectivity index (χ0n) is 10.5. The molecule has 1 aliphatic carbocycles. The first-order valence-corrected chi connectivity index (χ1v) is 7.37. The van der Waals surface area contributed by atoms with Crippen molar-refractivity contribution in [3.63, 3.8) is 0 Å². The van der Waals surface area contributed by atoms with E-state index in [9.17, 15) is 9.59 Å². The zero-order valence-corrected chi connectivity index (χ0v) is 12.9. The Hall–Kier alpha value is -1.27. The summed E-state index contributed by atoms with van der Waals surface area (Å²) in [6.07, 6.45) is 1.86. The van der Waals surface area contributed by atoms with Gasteiger partial charge in [0, 0.05) is 16.2 Å². The van der Waals surface area contributed by atoms with Gasteiger partial charge in [-0.3, -0.25) is 4.79 Å². The van der Waals surface area contributed by atoms with Crippen molar-refractivity contribution in [2.45, 2.75) is 25.3 Å². The fraction of sp³-hybridized carbons (Fsp3) is 0.385. The summed E-state index contributed by atoms with van der Waals surface area (Å²) in [5, 5.41) is 14.7. The van der Waals surface area contributed by atoms with Crippen LogP contribution in [0.1, 0.15) is 19.3 Å². The third kappa shape index (κ3) is 4.38. The van der Waals surface area contributed by atoms with Gasteiger partial charge in [0.1, 0.15) is 0 Å². The van der Waals surface area contributed by atoms with Gasteiger partial charge in [-0.15, -0.1) is 0 Å². The largest absolute Gasteiger partial charge is 0.481 e. The molecule has 2 amide bonds. The number of hydrogen-bond acceptors (Lipinski definition) is 2.